The number of hydrogen-bond donors (Lipinski definition) is 0. The number of hydrogen-bond acceptors (Lipinski definition) is 7. The Kier molecular flexibility index (Phi) is 7.94. The summed E-state index contributed by atoms with van der Waals surface area (Å²) in [6.45, 7) is 9.03. The highest BCUT2D eigenvalue weighted by molar-refractivity contribution is 5.22. The van der Waals surface area contributed by atoms with E-state index in [0.29, 0.717) is 11.8 Å². The van der Waals surface area contributed by atoms with Crippen LogP contribution in [0, 0.1) is 0 Å². The largest absolute Gasteiger partial charge is 0.481 e. The molecule has 0 radical (unpaired) electrons. The number of allylic oxidation sites excluding steroid dienone is 1. The summed E-state index contributed by atoms with van der Waals surface area (Å²) in [4.78, 5) is 13.4. The van der Waals surface area contributed by atoms with Crippen molar-refractivity contribution in [2.24, 2.45) is 0 Å². The molecule has 1 aromatic rings. The van der Waals surface area contributed by atoms with Gasteiger partial charge in [0.25, 0.3) is 0 Å². The zero-order chi connectivity index (χ0) is 18.1. The Morgan fingerprint density at radius 3 is 2.52 bits per heavy atom. The van der Waals surface area contributed by atoms with Crippen LogP contribution < -0.4 is 14.2 Å². The highest BCUT2D eigenvalue weighted by atomic mass is 16.5. The summed E-state index contributed by atoms with van der Waals surface area (Å²) >= 11 is 0. The fraction of sp³-hybridized carbons (Fsp3) is 0.667. The molecule has 2 rings (SSSR count). The number of aromatic nitrogens is 2. The van der Waals surface area contributed by atoms with Crippen LogP contribution in [0.4, 0.5) is 0 Å². The lowest BCUT2D eigenvalue weighted by Crippen LogP contribution is -2.38. The number of likely N-dealkylation sites (N-methyl/N-ethyl adjacent to an activating group) is 1. The van der Waals surface area contributed by atoms with E-state index in [4.69, 9.17) is 14.2 Å². The third-order valence-corrected chi connectivity index (χ3v) is 4.32. The highest BCUT2D eigenvalue weighted by Crippen LogP contribution is 2.20. The minimum absolute atomic E-state index is 0.00165. The van der Waals surface area contributed by atoms with Crippen molar-refractivity contribution in [1.29, 1.82) is 0 Å². The summed E-state index contributed by atoms with van der Waals surface area (Å²) < 4.78 is 16.5. The van der Waals surface area contributed by atoms with Crippen LogP contribution in [-0.4, -0.2) is 79.9 Å². The molecule has 25 heavy (non-hydrogen) atoms. The maximum absolute atomic E-state index is 6.09. The first-order valence-corrected chi connectivity index (χ1v) is 8.80. The van der Waals surface area contributed by atoms with Gasteiger partial charge in [0, 0.05) is 19.6 Å². The number of rotatable bonds is 9. The van der Waals surface area contributed by atoms with Crippen LogP contribution in [0.1, 0.15) is 19.3 Å². The van der Waals surface area contributed by atoms with E-state index >= 15 is 0 Å². The molecule has 0 aliphatic carbocycles. The Morgan fingerprint density at radius 1 is 1.16 bits per heavy atom. The lowest BCUT2D eigenvalue weighted by Gasteiger charge is -2.26. The Labute approximate surface area is 150 Å². The normalized spacial score (nSPS) is 17.6. The molecule has 1 fully saturated rings. The van der Waals surface area contributed by atoms with E-state index in [1.54, 1.807) is 20.3 Å². The summed E-state index contributed by atoms with van der Waals surface area (Å²) in [5, 5.41) is 0. The molecular weight excluding hydrogens is 320 g/mol. The molecule has 0 aromatic carbocycles. The maximum Gasteiger partial charge on any atom is 0.323 e. The fourth-order valence-electron chi connectivity index (χ4n) is 2.86. The average Bonchev–Trinajstić information content (AvgIpc) is 2.83. The number of methoxy groups -OCH3 is 2. The lowest BCUT2D eigenvalue weighted by atomic mass is 10.2. The van der Waals surface area contributed by atoms with E-state index in [9.17, 15) is 0 Å². The smallest absolute Gasteiger partial charge is 0.323 e. The van der Waals surface area contributed by atoms with Crippen LogP contribution >= 0.6 is 0 Å². The molecule has 1 unspecified atom stereocenters. The zero-order valence-electron chi connectivity index (χ0n) is 15.6. The first kappa shape index (κ1) is 19.5. The summed E-state index contributed by atoms with van der Waals surface area (Å²) in [7, 11) is 5.30. The van der Waals surface area contributed by atoms with Crippen LogP contribution in [0.25, 0.3) is 0 Å². The molecule has 7 nitrogen and oxygen atoms in total. The van der Waals surface area contributed by atoms with E-state index in [1.807, 2.05) is 6.08 Å². The molecular formula is C18H30N4O3. The molecule has 1 aliphatic heterocycles. The monoisotopic (exact) mass is 350 g/mol. The fourth-order valence-corrected chi connectivity index (χ4v) is 2.86. The van der Waals surface area contributed by atoms with Gasteiger partial charge in [-0.3, -0.25) is 4.90 Å². The highest BCUT2D eigenvalue weighted by Gasteiger charge is 2.20. The second-order valence-electron chi connectivity index (χ2n) is 6.30. The molecule has 0 spiro atoms. The van der Waals surface area contributed by atoms with Crippen LogP contribution in [0.2, 0.25) is 0 Å². The first-order valence-electron chi connectivity index (χ1n) is 8.80. The van der Waals surface area contributed by atoms with E-state index in [1.165, 1.54) is 6.42 Å². The lowest BCUT2D eigenvalue weighted by molar-refractivity contribution is 0.116. The molecule has 140 valence electrons. The van der Waals surface area contributed by atoms with Crippen LogP contribution in [0.15, 0.2) is 18.7 Å². The minimum atomic E-state index is -0.00165. The van der Waals surface area contributed by atoms with Crippen molar-refractivity contribution in [1.82, 2.24) is 19.8 Å². The summed E-state index contributed by atoms with van der Waals surface area (Å²) in [6.07, 6.45) is 4.85. The Hall–Kier alpha value is -1.86. The predicted molar refractivity (Wildman–Crippen MR) is 97.5 cm³/mol. The van der Waals surface area contributed by atoms with Crippen molar-refractivity contribution < 1.29 is 14.2 Å². The van der Waals surface area contributed by atoms with E-state index in [2.05, 4.69) is 33.4 Å². The van der Waals surface area contributed by atoms with Gasteiger partial charge in [0.15, 0.2) is 0 Å². The van der Waals surface area contributed by atoms with Gasteiger partial charge in [-0.25, -0.2) is 0 Å². The summed E-state index contributed by atoms with van der Waals surface area (Å²) in [5.41, 5.74) is 0. The van der Waals surface area contributed by atoms with Crippen molar-refractivity contribution in [3.8, 4) is 17.8 Å². The minimum Gasteiger partial charge on any atom is -0.481 e. The molecule has 0 N–H and O–H groups in total. The van der Waals surface area contributed by atoms with Crippen molar-refractivity contribution in [2.45, 2.75) is 25.4 Å². The van der Waals surface area contributed by atoms with Gasteiger partial charge in [0.2, 0.25) is 11.8 Å². The molecule has 1 saturated heterocycles. The van der Waals surface area contributed by atoms with Crippen LogP contribution in [-0.2, 0) is 0 Å². The zero-order valence-corrected chi connectivity index (χ0v) is 15.6. The Morgan fingerprint density at radius 2 is 1.88 bits per heavy atom. The van der Waals surface area contributed by atoms with Gasteiger partial charge < -0.3 is 19.1 Å². The van der Waals surface area contributed by atoms with Gasteiger partial charge in [-0.1, -0.05) is 6.08 Å². The second kappa shape index (κ2) is 10.2. The maximum atomic E-state index is 6.09. The third-order valence-electron chi connectivity index (χ3n) is 4.32. The quantitative estimate of drug-likeness (QED) is 0.630. The van der Waals surface area contributed by atoms with Crippen molar-refractivity contribution >= 4 is 0 Å². The average molecular weight is 350 g/mol. The topological polar surface area (TPSA) is 60.0 Å². The van der Waals surface area contributed by atoms with Crippen molar-refractivity contribution in [3.05, 3.63) is 18.7 Å². The molecule has 7 heteroatoms. The SMILES string of the molecule is C=CCCC(CN1CCCN(C)CC1)Oc1nc(OC)cc(OC)n1. The van der Waals surface area contributed by atoms with E-state index in [-0.39, 0.29) is 12.1 Å². The van der Waals surface area contributed by atoms with Gasteiger partial charge in [-0.2, -0.15) is 9.97 Å². The van der Waals surface area contributed by atoms with Crippen molar-refractivity contribution in [3.63, 3.8) is 0 Å². The van der Waals surface area contributed by atoms with Gasteiger partial charge in [0.05, 0.1) is 20.3 Å². The van der Waals surface area contributed by atoms with Crippen LogP contribution in [0.5, 0.6) is 17.8 Å². The standard InChI is InChI=1S/C18H30N4O3/c1-5-6-8-15(14-22-10-7-9-21(2)11-12-22)25-18-19-16(23-3)13-17(20-18)24-4/h5,13,15H,1,6-12,14H2,2-4H3. The predicted octanol–water partition coefficient (Wildman–Crippen LogP) is 1.84. The second-order valence-corrected chi connectivity index (χ2v) is 6.30. The molecule has 0 bridgehead atoms. The summed E-state index contributed by atoms with van der Waals surface area (Å²) in [5.74, 6) is 0.862. The summed E-state index contributed by atoms with van der Waals surface area (Å²) in [6, 6.07) is 1.92. The molecule has 2 heterocycles. The van der Waals surface area contributed by atoms with E-state index in [0.717, 1.165) is 45.6 Å². The molecule has 0 saturated carbocycles. The number of nitrogens with zero attached hydrogens (tertiary/aromatic N) is 4. The molecule has 1 atom stereocenters. The molecule has 1 aromatic heterocycles. The van der Waals surface area contributed by atoms with Gasteiger partial charge >= 0.3 is 6.01 Å². The van der Waals surface area contributed by atoms with Crippen LogP contribution in [0.3, 0.4) is 0 Å². The van der Waals surface area contributed by atoms with Gasteiger partial charge in [-0.05, 0) is 39.4 Å². The third kappa shape index (κ3) is 6.51. The van der Waals surface area contributed by atoms with Gasteiger partial charge in [-0.15, -0.1) is 6.58 Å². The molecule has 1 aliphatic rings. The van der Waals surface area contributed by atoms with E-state index < -0.39 is 0 Å². The Balaban J connectivity index is 2.04. The van der Waals surface area contributed by atoms with Gasteiger partial charge in [0.1, 0.15) is 6.10 Å². The first-order chi connectivity index (χ1) is 12.1. The Bertz CT molecular complexity index is 519. The number of ether oxygens (including phenoxy) is 3. The van der Waals surface area contributed by atoms with Crippen molar-refractivity contribution in [2.75, 3.05) is 54.0 Å². The molecule has 0 amide bonds.